The summed E-state index contributed by atoms with van der Waals surface area (Å²) in [6, 6.07) is 8.52. The fourth-order valence-electron chi connectivity index (χ4n) is 3.37. The summed E-state index contributed by atoms with van der Waals surface area (Å²) in [4.78, 5) is 6.26. The molecule has 1 saturated heterocycles. The molecule has 1 fully saturated rings. The number of aryl methyl sites for hydroxylation is 1. The molecule has 1 N–H and O–H groups in total. The van der Waals surface area contributed by atoms with Crippen LogP contribution in [0.3, 0.4) is 0 Å². The molecule has 0 bridgehead atoms. The number of sulfonamides is 1. The minimum absolute atomic E-state index is 0.0534. The van der Waals surface area contributed by atoms with Gasteiger partial charge in [-0.2, -0.15) is 5.26 Å². The molecule has 132 valence electrons. The molecule has 0 radical (unpaired) electrons. The van der Waals surface area contributed by atoms with E-state index in [1.807, 2.05) is 24.7 Å². The monoisotopic (exact) mass is 359 g/mol. The molecule has 1 aliphatic heterocycles. The third-order valence-corrected chi connectivity index (χ3v) is 5.86. The molecule has 2 atom stereocenters. The first-order valence-electron chi connectivity index (χ1n) is 8.02. The lowest BCUT2D eigenvalue weighted by Gasteiger charge is -2.20. The number of hydrogen-bond acceptors (Lipinski definition) is 5. The van der Waals surface area contributed by atoms with E-state index in [-0.39, 0.29) is 17.7 Å². The summed E-state index contributed by atoms with van der Waals surface area (Å²) in [5.74, 6) is -0.0846. The van der Waals surface area contributed by atoms with E-state index in [0.717, 1.165) is 12.2 Å². The van der Waals surface area contributed by atoms with Crippen molar-refractivity contribution in [2.75, 3.05) is 20.1 Å². The Balaban J connectivity index is 1.77. The highest BCUT2D eigenvalue weighted by Gasteiger charge is 2.36. The lowest BCUT2D eigenvalue weighted by Crippen LogP contribution is -2.40. The van der Waals surface area contributed by atoms with Gasteiger partial charge in [-0.25, -0.2) is 18.1 Å². The molecular weight excluding hydrogens is 338 g/mol. The molecule has 1 aromatic heterocycles. The molecule has 2 aromatic rings. The van der Waals surface area contributed by atoms with Crippen LogP contribution in [0.4, 0.5) is 0 Å². The number of benzene rings is 1. The van der Waals surface area contributed by atoms with Gasteiger partial charge in [0.05, 0.1) is 23.7 Å². The lowest BCUT2D eigenvalue weighted by atomic mass is 10.0. The normalized spacial score (nSPS) is 21.3. The zero-order valence-corrected chi connectivity index (χ0v) is 15.1. The number of hydrogen-bond donors (Lipinski definition) is 1. The Hall–Kier alpha value is -2.21. The summed E-state index contributed by atoms with van der Waals surface area (Å²) in [5, 5.41) is 8.96. The van der Waals surface area contributed by atoms with E-state index in [1.54, 1.807) is 36.8 Å². The molecule has 2 heterocycles. The van der Waals surface area contributed by atoms with Gasteiger partial charge in [-0.05, 0) is 24.7 Å². The van der Waals surface area contributed by atoms with Crippen molar-refractivity contribution >= 4 is 10.0 Å². The second-order valence-corrected chi connectivity index (χ2v) is 8.31. The minimum Gasteiger partial charge on any atom is -0.337 e. The van der Waals surface area contributed by atoms with Crippen LogP contribution in [-0.4, -0.2) is 49.0 Å². The predicted octanol–water partition coefficient (Wildman–Crippen LogP) is 0.809. The molecule has 3 rings (SSSR count). The molecule has 0 unspecified atom stereocenters. The van der Waals surface area contributed by atoms with E-state index in [0.29, 0.717) is 17.7 Å². The van der Waals surface area contributed by atoms with Crippen LogP contribution in [0, 0.1) is 11.3 Å². The standard InChI is InChI=1S/C17H21N5O2S/c1-21-9-15(17-8-19-12-22(17)2)16(10-21)20-25(23,24)11-14-5-3-4-13(6-14)7-18/h3-6,8,12,15-16,20H,9-11H2,1-2H3/t15-,16-/m1/s1. The fraction of sp³-hybridized carbons (Fsp3) is 0.412. The summed E-state index contributed by atoms with van der Waals surface area (Å²) >= 11 is 0. The topological polar surface area (TPSA) is 91.0 Å². The Labute approximate surface area is 148 Å². The van der Waals surface area contributed by atoms with Crippen LogP contribution in [0.15, 0.2) is 36.8 Å². The predicted molar refractivity (Wildman–Crippen MR) is 94.2 cm³/mol. The van der Waals surface area contributed by atoms with Crippen molar-refractivity contribution in [1.82, 2.24) is 19.2 Å². The Morgan fingerprint density at radius 3 is 2.84 bits per heavy atom. The maximum Gasteiger partial charge on any atom is 0.216 e. The molecule has 1 aliphatic rings. The van der Waals surface area contributed by atoms with Crippen LogP contribution in [0.25, 0.3) is 0 Å². The quantitative estimate of drug-likeness (QED) is 0.853. The van der Waals surface area contributed by atoms with Gasteiger partial charge in [0, 0.05) is 44.0 Å². The SMILES string of the molecule is CN1C[C@@H](NS(=O)(=O)Cc2cccc(C#N)c2)[C@H](c2cncn2C)C1. The highest BCUT2D eigenvalue weighted by molar-refractivity contribution is 7.88. The Bertz CT molecular complexity index is 900. The van der Waals surface area contributed by atoms with Crippen molar-refractivity contribution < 1.29 is 8.42 Å². The molecule has 0 saturated carbocycles. The van der Waals surface area contributed by atoms with Crippen LogP contribution in [0.5, 0.6) is 0 Å². The number of likely N-dealkylation sites (tertiary alicyclic amines) is 1. The van der Waals surface area contributed by atoms with Gasteiger partial charge >= 0.3 is 0 Å². The fourth-order valence-corrected chi connectivity index (χ4v) is 4.77. The molecule has 0 amide bonds. The Morgan fingerprint density at radius 1 is 1.36 bits per heavy atom. The first-order chi connectivity index (χ1) is 11.9. The largest absolute Gasteiger partial charge is 0.337 e. The van der Waals surface area contributed by atoms with Gasteiger partial charge in [-0.15, -0.1) is 0 Å². The maximum absolute atomic E-state index is 12.6. The van der Waals surface area contributed by atoms with Gasteiger partial charge in [0.15, 0.2) is 0 Å². The molecular formula is C17H21N5O2S. The van der Waals surface area contributed by atoms with Crippen LogP contribution in [0.2, 0.25) is 0 Å². The third-order valence-electron chi connectivity index (χ3n) is 4.48. The van der Waals surface area contributed by atoms with E-state index in [9.17, 15) is 8.42 Å². The summed E-state index contributed by atoms with van der Waals surface area (Å²) in [6.07, 6.45) is 3.52. The maximum atomic E-state index is 12.6. The van der Waals surface area contributed by atoms with Crippen molar-refractivity contribution in [1.29, 1.82) is 5.26 Å². The van der Waals surface area contributed by atoms with Gasteiger partial charge in [-0.3, -0.25) is 0 Å². The Kier molecular flexibility index (Phi) is 4.90. The highest BCUT2D eigenvalue weighted by Crippen LogP contribution is 2.27. The summed E-state index contributed by atoms with van der Waals surface area (Å²) in [5.41, 5.74) is 2.08. The number of aromatic nitrogens is 2. The summed E-state index contributed by atoms with van der Waals surface area (Å²) in [6.45, 7) is 1.42. The zero-order valence-electron chi connectivity index (χ0n) is 14.3. The van der Waals surface area contributed by atoms with E-state index in [2.05, 4.69) is 14.6 Å². The Morgan fingerprint density at radius 2 is 2.16 bits per heavy atom. The first kappa shape index (κ1) is 17.6. The number of likely N-dealkylation sites (N-methyl/N-ethyl adjacent to an activating group) is 1. The minimum atomic E-state index is -3.52. The van der Waals surface area contributed by atoms with Gasteiger partial charge in [0.1, 0.15) is 0 Å². The number of nitriles is 1. The van der Waals surface area contributed by atoms with Crippen molar-refractivity contribution in [2.45, 2.75) is 17.7 Å². The first-order valence-corrected chi connectivity index (χ1v) is 9.67. The van der Waals surface area contributed by atoms with Crippen LogP contribution < -0.4 is 4.72 Å². The molecule has 0 aliphatic carbocycles. The number of rotatable bonds is 5. The van der Waals surface area contributed by atoms with Crippen LogP contribution in [-0.2, 0) is 22.8 Å². The van der Waals surface area contributed by atoms with Gasteiger partial charge in [0.2, 0.25) is 10.0 Å². The molecule has 0 spiro atoms. The summed E-state index contributed by atoms with van der Waals surface area (Å²) in [7, 11) is 0.377. The second-order valence-electron chi connectivity index (χ2n) is 6.55. The second kappa shape index (κ2) is 6.96. The van der Waals surface area contributed by atoms with Gasteiger partial charge < -0.3 is 9.47 Å². The average molecular weight is 359 g/mol. The summed E-state index contributed by atoms with van der Waals surface area (Å²) < 4.78 is 30.0. The highest BCUT2D eigenvalue weighted by atomic mass is 32.2. The smallest absolute Gasteiger partial charge is 0.216 e. The van der Waals surface area contributed by atoms with E-state index in [4.69, 9.17) is 5.26 Å². The zero-order chi connectivity index (χ0) is 18.0. The third kappa shape index (κ3) is 4.07. The van der Waals surface area contributed by atoms with E-state index >= 15 is 0 Å². The number of nitrogens with zero attached hydrogens (tertiary/aromatic N) is 4. The average Bonchev–Trinajstić information content (AvgIpc) is 3.11. The number of nitrogens with one attached hydrogen (secondary N) is 1. The molecule has 7 nitrogen and oxygen atoms in total. The van der Waals surface area contributed by atoms with Crippen molar-refractivity contribution in [2.24, 2.45) is 7.05 Å². The van der Waals surface area contributed by atoms with Gasteiger partial charge in [0.25, 0.3) is 0 Å². The van der Waals surface area contributed by atoms with E-state index < -0.39 is 10.0 Å². The van der Waals surface area contributed by atoms with Crippen LogP contribution in [0.1, 0.15) is 22.7 Å². The molecule has 1 aromatic carbocycles. The number of imidazole rings is 1. The van der Waals surface area contributed by atoms with Crippen molar-refractivity contribution in [3.8, 4) is 6.07 Å². The van der Waals surface area contributed by atoms with Crippen molar-refractivity contribution in [3.05, 3.63) is 53.6 Å². The molecule has 25 heavy (non-hydrogen) atoms. The van der Waals surface area contributed by atoms with Gasteiger partial charge in [-0.1, -0.05) is 12.1 Å². The molecule has 8 heteroatoms. The lowest BCUT2D eigenvalue weighted by molar-refractivity contribution is 0.404. The van der Waals surface area contributed by atoms with E-state index in [1.165, 1.54) is 0 Å². The van der Waals surface area contributed by atoms with Crippen LogP contribution >= 0.6 is 0 Å². The van der Waals surface area contributed by atoms with Crippen molar-refractivity contribution in [3.63, 3.8) is 0 Å².